The lowest BCUT2D eigenvalue weighted by molar-refractivity contribution is 0.332. The summed E-state index contributed by atoms with van der Waals surface area (Å²) in [6, 6.07) is 9.61. The summed E-state index contributed by atoms with van der Waals surface area (Å²) in [4.78, 5) is 14.3. The van der Waals surface area contributed by atoms with Crippen molar-refractivity contribution in [2.24, 2.45) is 5.84 Å². The molecule has 1 aromatic heterocycles. The fourth-order valence-electron chi connectivity index (χ4n) is 1.56. The van der Waals surface area contributed by atoms with Gasteiger partial charge in [0.2, 0.25) is 17.8 Å². The molecule has 0 aliphatic heterocycles. The molecule has 0 aliphatic carbocycles. The maximum absolute atomic E-state index is 5.58. The highest BCUT2D eigenvalue weighted by Gasteiger charge is 2.06. The van der Waals surface area contributed by atoms with E-state index in [1.807, 2.05) is 44.4 Å². The van der Waals surface area contributed by atoms with Crippen LogP contribution in [0.15, 0.2) is 30.3 Å². The zero-order chi connectivity index (χ0) is 15.1. The SMILES string of the molecule is CN(C)c1nc(NN)nc(NCCOc2ccccc2)n1. The first kappa shape index (κ1) is 14.8. The van der Waals surface area contributed by atoms with E-state index < -0.39 is 0 Å². The quantitative estimate of drug-likeness (QED) is 0.389. The van der Waals surface area contributed by atoms with Crippen LogP contribution in [0.3, 0.4) is 0 Å². The van der Waals surface area contributed by atoms with Crippen molar-refractivity contribution in [3.8, 4) is 5.75 Å². The van der Waals surface area contributed by atoms with Crippen LogP contribution in [0.1, 0.15) is 0 Å². The number of para-hydroxylation sites is 1. The van der Waals surface area contributed by atoms with E-state index >= 15 is 0 Å². The molecule has 0 atom stereocenters. The van der Waals surface area contributed by atoms with Crippen LogP contribution in [0, 0.1) is 0 Å². The Kier molecular flexibility index (Phi) is 5.10. The number of nitrogen functional groups attached to an aromatic ring is 1. The predicted octanol–water partition coefficient (Wildman–Crippen LogP) is 0.714. The normalized spacial score (nSPS) is 10.0. The van der Waals surface area contributed by atoms with Gasteiger partial charge in [0.25, 0.3) is 0 Å². The summed E-state index contributed by atoms with van der Waals surface area (Å²) in [7, 11) is 3.69. The van der Waals surface area contributed by atoms with Gasteiger partial charge in [0, 0.05) is 14.1 Å². The molecule has 1 heterocycles. The lowest BCUT2D eigenvalue weighted by atomic mass is 10.3. The minimum atomic E-state index is 0.306. The van der Waals surface area contributed by atoms with E-state index in [0.29, 0.717) is 31.0 Å². The number of aromatic nitrogens is 3. The standard InChI is InChI=1S/C13H19N7O/c1-20(2)13-17-11(16-12(18-13)19-14)15-8-9-21-10-6-4-3-5-7-10/h3-7H,8-9,14H2,1-2H3,(H2,15,16,17,18,19). The number of anilines is 3. The molecule has 0 saturated heterocycles. The van der Waals surface area contributed by atoms with Gasteiger partial charge >= 0.3 is 0 Å². The number of nitrogens with zero attached hydrogens (tertiary/aromatic N) is 4. The molecule has 0 aliphatic rings. The highest BCUT2D eigenvalue weighted by molar-refractivity contribution is 5.42. The van der Waals surface area contributed by atoms with Crippen molar-refractivity contribution >= 4 is 17.8 Å². The summed E-state index contributed by atoms with van der Waals surface area (Å²) >= 11 is 0. The van der Waals surface area contributed by atoms with Gasteiger partial charge < -0.3 is 15.0 Å². The van der Waals surface area contributed by atoms with Crippen LogP contribution in [0.25, 0.3) is 0 Å². The third-order valence-corrected chi connectivity index (χ3v) is 2.55. The minimum absolute atomic E-state index is 0.306. The molecule has 2 rings (SSSR count). The molecule has 0 spiro atoms. The molecule has 2 aromatic rings. The van der Waals surface area contributed by atoms with Gasteiger partial charge in [-0.25, -0.2) is 5.84 Å². The van der Waals surface area contributed by atoms with Crippen LogP contribution in [-0.4, -0.2) is 42.2 Å². The van der Waals surface area contributed by atoms with E-state index in [1.54, 1.807) is 4.90 Å². The Bertz CT molecular complexity index is 562. The van der Waals surface area contributed by atoms with E-state index in [1.165, 1.54) is 0 Å². The zero-order valence-corrected chi connectivity index (χ0v) is 12.1. The van der Waals surface area contributed by atoms with Gasteiger partial charge in [0.15, 0.2) is 0 Å². The van der Waals surface area contributed by atoms with Crippen molar-refractivity contribution in [2.75, 3.05) is 42.9 Å². The van der Waals surface area contributed by atoms with Crippen LogP contribution in [0.2, 0.25) is 0 Å². The van der Waals surface area contributed by atoms with Crippen molar-refractivity contribution in [3.63, 3.8) is 0 Å². The Morgan fingerprint density at radius 2 is 1.81 bits per heavy atom. The number of nitrogens with two attached hydrogens (primary N) is 1. The number of nitrogens with one attached hydrogen (secondary N) is 2. The van der Waals surface area contributed by atoms with E-state index in [9.17, 15) is 0 Å². The van der Waals surface area contributed by atoms with E-state index in [-0.39, 0.29) is 0 Å². The van der Waals surface area contributed by atoms with Crippen molar-refractivity contribution in [1.29, 1.82) is 0 Å². The predicted molar refractivity (Wildman–Crippen MR) is 82.4 cm³/mol. The second kappa shape index (κ2) is 7.25. The van der Waals surface area contributed by atoms with E-state index in [4.69, 9.17) is 10.6 Å². The zero-order valence-electron chi connectivity index (χ0n) is 12.1. The number of hydrogen-bond acceptors (Lipinski definition) is 8. The fraction of sp³-hybridized carbons (Fsp3) is 0.308. The van der Waals surface area contributed by atoms with Crippen LogP contribution in [0.4, 0.5) is 17.8 Å². The topological polar surface area (TPSA) is 101 Å². The minimum Gasteiger partial charge on any atom is -0.492 e. The maximum atomic E-state index is 5.58. The summed E-state index contributed by atoms with van der Waals surface area (Å²) in [5.41, 5.74) is 2.42. The summed E-state index contributed by atoms with van der Waals surface area (Å²) in [5.74, 6) is 7.44. The van der Waals surface area contributed by atoms with Crippen molar-refractivity contribution < 1.29 is 4.74 Å². The van der Waals surface area contributed by atoms with Gasteiger partial charge in [-0.15, -0.1) is 0 Å². The lowest BCUT2D eigenvalue weighted by Gasteiger charge is -2.13. The molecule has 0 bridgehead atoms. The Morgan fingerprint density at radius 3 is 2.48 bits per heavy atom. The van der Waals surface area contributed by atoms with Crippen LogP contribution in [0.5, 0.6) is 5.75 Å². The number of hydrazine groups is 1. The first-order valence-electron chi connectivity index (χ1n) is 6.51. The van der Waals surface area contributed by atoms with Gasteiger partial charge in [-0.05, 0) is 12.1 Å². The Morgan fingerprint density at radius 1 is 1.10 bits per heavy atom. The third-order valence-electron chi connectivity index (χ3n) is 2.55. The summed E-state index contributed by atoms with van der Waals surface area (Å²) in [6.07, 6.45) is 0. The maximum Gasteiger partial charge on any atom is 0.243 e. The lowest BCUT2D eigenvalue weighted by Crippen LogP contribution is -2.20. The van der Waals surface area contributed by atoms with Gasteiger partial charge in [0.1, 0.15) is 12.4 Å². The van der Waals surface area contributed by atoms with Crippen LogP contribution in [-0.2, 0) is 0 Å². The van der Waals surface area contributed by atoms with E-state index in [0.717, 1.165) is 5.75 Å². The average Bonchev–Trinajstić information content (AvgIpc) is 2.52. The van der Waals surface area contributed by atoms with Crippen molar-refractivity contribution in [3.05, 3.63) is 30.3 Å². The Balaban J connectivity index is 1.89. The molecule has 112 valence electrons. The molecule has 1 aromatic carbocycles. The smallest absolute Gasteiger partial charge is 0.243 e. The van der Waals surface area contributed by atoms with Crippen LogP contribution < -0.4 is 26.2 Å². The Hall–Kier alpha value is -2.61. The third kappa shape index (κ3) is 4.46. The summed E-state index contributed by atoms with van der Waals surface area (Å²) in [6.45, 7) is 1.06. The number of benzene rings is 1. The van der Waals surface area contributed by atoms with Gasteiger partial charge in [-0.3, -0.25) is 5.43 Å². The highest BCUT2D eigenvalue weighted by Crippen LogP contribution is 2.11. The molecule has 0 fully saturated rings. The number of rotatable bonds is 7. The molecule has 21 heavy (non-hydrogen) atoms. The van der Waals surface area contributed by atoms with Crippen molar-refractivity contribution in [2.45, 2.75) is 0 Å². The van der Waals surface area contributed by atoms with Gasteiger partial charge in [0.05, 0.1) is 6.54 Å². The Labute approximate surface area is 123 Å². The van der Waals surface area contributed by atoms with Crippen LogP contribution >= 0.6 is 0 Å². The molecule has 4 N–H and O–H groups in total. The largest absolute Gasteiger partial charge is 0.492 e. The molecule has 0 amide bonds. The molecule has 0 unspecified atom stereocenters. The summed E-state index contributed by atoms with van der Waals surface area (Å²) < 4.78 is 5.58. The molecular weight excluding hydrogens is 270 g/mol. The summed E-state index contributed by atoms with van der Waals surface area (Å²) in [5, 5.41) is 3.08. The molecule has 0 saturated carbocycles. The first-order chi connectivity index (χ1) is 10.2. The number of ether oxygens (including phenoxy) is 1. The fourth-order valence-corrected chi connectivity index (χ4v) is 1.56. The van der Waals surface area contributed by atoms with Crippen molar-refractivity contribution in [1.82, 2.24) is 15.0 Å². The second-order valence-corrected chi connectivity index (χ2v) is 4.41. The van der Waals surface area contributed by atoms with Gasteiger partial charge in [-0.2, -0.15) is 15.0 Å². The highest BCUT2D eigenvalue weighted by atomic mass is 16.5. The average molecular weight is 289 g/mol. The molecule has 8 nitrogen and oxygen atoms in total. The second-order valence-electron chi connectivity index (χ2n) is 4.41. The monoisotopic (exact) mass is 289 g/mol. The van der Waals surface area contributed by atoms with E-state index in [2.05, 4.69) is 25.7 Å². The molecular formula is C13H19N7O. The van der Waals surface area contributed by atoms with Gasteiger partial charge in [-0.1, -0.05) is 18.2 Å². The number of hydrogen-bond donors (Lipinski definition) is 3. The first-order valence-corrected chi connectivity index (χ1v) is 6.51. The molecule has 0 radical (unpaired) electrons. The molecule has 8 heteroatoms.